The third kappa shape index (κ3) is 3.84. The summed E-state index contributed by atoms with van der Waals surface area (Å²) in [7, 11) is 0. The molecule has 3 aromatic rings. The number of carbonyl (C=O) groups is 3. The summed E-state index contributed by atoms with van der Waals surface area (Å²) in [6.45, 7) is 6.01. The number of anilines is 1. The van der Waals surface area contributed by atoms with Crippen molar-refractivity contribution in [3.8, 4) is 17.1 Å². The molecule has 1 aliphatic heterocycles. The Morgan fingerprint density at radius 2 is 1.72 bits per heavy atom. The van der Waals surface area contributed by atoms with Crippen molar-refractivity contribution in [2.75, 3.05) is 11.5 Å². The van der Waals surface area contributed by atoms with Crippen LogP contribution in [0.5, 0.6) is 5.75 Å². The molecule has 0 bridgehead atoms. The molecule has 2 heterocycles. The normalized spacial score (nSPS) is 14.1. The van der Waals surface area contributed by atoms with E-state index in [0.29, 0.717) is 24.1 Å². The first-order valence-corrected chi connectivity index (χ1v) is 10.2. The first-order chi connectivity index (χ1) is 15.4. The highest BCUT2D eigenvalue weighted by molar-refractivity contribution is 6.52. The van der Waals surface area contributed by atoms with Gasteiger partial charge in [-0.2, -0.15) is 4.98 Å². The van der Waals surface area contributed by atoms with Gasteiger partial charge in [-0.15, -0.1) is 0 Å². The van der Waals surface area contributed by atoms with Crippen LogP contribution in [0.4, 0.5) is 10.5 Å². The van der Waals surface area contributed by atoms with Gasteiger partial charge in [0.1, 0.15) is 12.3 Å². The molecule has 32 heavy (non-hydrogen) atoms. The summed E-state index contributed by atoms with van der Waals surface area (Å²) in [5.41, 5.74) is 2.13. The largest absolute Gasteiger partial charge is 0.492 e. The van der Waals surface area contributed by atoms with Crippen LogP contribution in [0.2, 0.25) is 0 Å². The van der Waals surface area contributed by atoms with Crippen molar-refractivity contribution in [3.63, 3.8) is 0 Å². The van der Waals surface area contributed by atoms with Crippen LogP contribution in [0, 0.1) is 0 Å². The maximum atomic E-state index is 12.9. The summed E-state index contributed by atoms with van der Waals surface area (Å²) in [5.74, 6) is -0.836. The van der Waals surface area contributed by atoms with Gasteiger partial charge in [0.25, 0.3) is 0 Å². The molecular formula is C23H22N4O5. The molecule has 0 unspecified atom stereocenters. The Balaban J connectivity index is 1.55. The first-order valence-electron chi connectivity index (χ1n) is 10.2. The summed E-state index contributed by atoms with van der Waals surface area (Å²) in [5, 5.41) is 3.93. The van der Waals surface area contributed by atoms with Gasteiger partial charge in [0.15, 0.2) is 0 Å². The van der Waals surface area contributed by atoms with Crippen LogP contribution >= 0.6 is 0 Å². The van der Waals surface area contributed by atoms with E-state index in [4.69, 9.17) is 9.26 Å². The number of nitrogens with zero attached hydrogens (tertiary/aromatic N) is 4. The molecule has 4 rings (SSSR count). The van der Waals surface area contributed by atoms with Crippen molar-refractivity contribution in [1.82, 2.24) is 15.0 Å². The molecule has 9 heteroatoms. The molecule has 0 spiro atoms. The average molecular weight is 434 g/mol. The number of amides is 4. The van der Waals surface area contributed by atoms with Gasteiger partial charge in [-0.25, -0.2) is 14.6 Å². The highest BCUT2D eigenvalue weighted by Gasteiger charge is 2.47. The Bertz CT molecular complexity index is 1170. The van der Waals surface area contributed by atoms with Crippen molar-refractivity contribution < 1.29 is 23.6 Å². The summed E-state index contributed by atoms with van der Waals surface area (Å²) < 4.78 is 10.7. The van der Waals surface area contributed by atoms with E-state index >= 15 is 0 Å². The molecule has 9 nitrogen and oxygen atoms in total. The lowest BCUT2D eigenvalue weighted by Crippen LogP contribution is -2.33. The van der Waals surface area contributed by atoms with Crippen LogP contribution in [-0.2, 0) is 16.1 Å². The van der Waals surface area contributed by atoms with Crippen LogP contribution in [0.15, 0.2) is 53.1 Å². The van der Waals surface area contributed by atoms with E-state index < -0.39 is 17.8 Å². The molecule has 0 N–H and O–H groups in total. The Morgan fingerprint density at radius 1 is 1.00 bits per heavy atom. The quantitative estimate of drug-likeness (QED) is 0.412. The van der Waals surface area contributed by atoms with E-state index in [-0.39, 0.29) is 18.1 Å². The van der Waals surface area contributed by atoms with Crippen molar-refractivity contribution in [2.45, 2.75) is 33.2 Å². The SMILES string of the molecule is CCOc1ccccc1N1C(=O)C(=O)N(Cc2nc(-c3ccc(C(C)C)cc3)no2)C1=O. The molecule has 1 saturated heterocycles. The fourth-order valence-corrected chi connectivity index (χ4v) is 3.37. The second kappa shape index (κ2) is 8.62. The molecule has 2 aromatic carbocycles. The van der Waals surface area contributed by atoms with Crippen LogP contribution in [0.25, 0.3) is 11.4 Å². The Labute approximate surface area is 184 Å². The topological polar surface area (TPSA) is 106 Å². The summed E-state index contributed by atoms with van der Waals surface area (Å²) in [6.07, 6.45) is 0. The smallest absolute Gasteiger partial charge is 0.339 e. The minimum atomic E-state index is -0.970. The molecule has 1 aliphatic rings. The zero-order valence-electron chi connectivity index (χ0n) is 17.9. The maximum Gasteiger partial charge on any atom is 0.339 e. The summed E-state index contributed by atoms with van der Waals surface area (Å²) in [4.78, 5) is 43.9. The molecule has 0 atom stereocenters. The van der Waals surface area contributed by atoms with Gasteiger partial charge >= 0.3 is 17.8 Å². The third-order valence-electron chi connectivity index (χ3n) is 5.06. The highest BCUT2D eigenvalue weighted by Crippen LogP contribution is 2.32. The predicted molar refractivity (Wildman–Crippen MR) is 115 cm³/mol. The van der Waals surface area contributed by atoms with Crippen molar-refractivity contribution in [2.24, 2.45) is 0 Å². The van der Waals surface area contributed by atoms with Gasteiger partial charge in [0.2, 0.25) is 11.7 Å². The fourth-order valence-electron chi connectivity index (χ4n) is 3.37. The van der Waals surface area contributed by atoms with Gasteiger partial charge < -0.3 is 9.26 Å². The lowest BCUT2D eigenvalue weighted by Gasteiger charge is -2.17. The minimum absolute atomic E-state index is 0.0439. The lowest BCUT2D eigenvalue weighted by molar-refractivity contribution is -0.139. The standard InChI is InChI=1S/C23H22N4O5/c1-4-31-18-8-6-5-7-17(18)27-22(29)21(28)26(23(27)30)13-19-24-20(25-32-19)16-11-9-15(10-12-16)14(2)3/h5-12,14H,4,13H2,1-3H3. The maximum absolute atomic E-state index is 12.9. The summed E-state index contributed by atoms with van der Waals surface area (Å²) >= 11 is 0. The van der Waals surface area contributed by atoms with Crippen LogP contribution in [0.1, 0.15) is 38.1 Å². The molecule has 0 saturated carbocycles. The van der Waals surface area contributed by atoms with E-state index in [0.717, 1.165) is 15.4 Å². The molecule has 164 valence electrons. The number of rotatable bonds is 7. The zero-order chi connectivity index (χ0) is 22.8. The number of hydrogen-bond donors (Lipinski definition) is 0. The zero-order valence-corrected chi connectivity index (χ0v) is 17.9. The molecule has 4 amide bonds. The second-order valence-electron chi connectivity index (χ2n) is 7.50. The predicted octanol–water partition coefficient (Wildman–Crippen LogP) is 3.75. The average Bonchev–Trinajstić information content (AvgIpc) is 3.34. The Kier molecular flexibility index (Phi) is 5.72. The molecule has 1 fully saturated rings. The highest BCUT2D eigenvalue weighted by atomic mass is 16.5. The van der Waals surface area contributed by atoms with Crippen LogP contribution < -0.4 is 9.64 Å². The summed E-state index contributed by atoms with van der Waals surface area (Å²) in [6, 6.07) is 13.5. The van der Waals surface area contributed by atoms with Crippen LogP contribution in [0.3, 0.4) is 0 Å². The molecule has 0 radical (unpaired) electrons. The van der Waals surface area contributed by atoms with Gasteiger partial charge in [-0.1, -0.05) is 55.4 Å². The number of ether oxygens (including phenoxy) is 1. The van der Waals surface area contributed by atoms with Gasteiger partial charge in [0, 0.05) is 5.56 Å². The van der Waals surface area contributed by atoms with Gasteiger partial charge in [-0.05, 0) is 30.5 Å². The molecular weight excluding hydrogens is 412 g/mol. The molecule has 1 aromatic heterocycles. The number of benzene rings is 2. The fraction of sp³-hybridized carbons (Fsp3) is 0.261. The van der Waals surface area contributed by atoms with E-state index in [1.807, 2.05) is 24.3 Å². The number of imide groups is 2. The third-order valence-corrected chi connectivity index (χ3v) is 5.06. The Morgan fingerprint density at radius 3 is 2.41 bits per heavy atom. The number of aromatic nitrogens is 2. The first kappa shape index (κ1) is 21.2. The van der Waals surface area contributed by atoms with E-state index in [2.05, 4.69) is 24.0 Å². The van der Waals surface area contributed by atoms with E-state index in [1.54, 1.807) is 31.2 Å². The molecule has 0 aliphatic carbocycles. The minimum Gasteiger partial charge on any atom is -0.492 e. The monoisotopic (exact) mass is 434 g/mol. The number of urea groups is 1. The Hall–Kier alpha value is -4.01. The number of para-hydroxylation sites is 2. The van der Waals surface area contributed by atoms with Crippen LogP contribution in [-0.4, -0.2) is 39.5 Å². The van der Waals surface area contributed by atoms with Crippen molar-refractivity contribution >= 4 is 23.5 Å². The van der Waals surface area contributed by atoms with Crippen molar-refractivity contribution in [3.05, 3.63) is 60.0 Å². The van der Waals surface area contributed by atoms with Gasteiger partial charge in [0.05, 0.1) is 12.3 Å². The number of carbonyl (C=O) groups excluding carboxylic acids is 3. The van der Waals surface area contributed by atoms with Gasteiger partial charge in [-0.3, -0.25) is 9.59 Å². The van der Waals surface area contributed by atoms with Crippen molar-refractivity contribution in [1.29, 1.82) is 0 Å². The van der Waals surface area contributed by atoms with E-state index in [9.17, 15) is 14.4 Å². The lowest BCUT2D eigenvalue weighted by atomic mass is 10.0. The van der Waals surface area contributed by atoms with E-state index in [1.165, 1.54) is 5.56 Å². The second-order valence-corrected chi connectivity index (χ2v) is 7.50. The number of hydrogen-bond acceptors (Lipinski definition) is 7.